The van der Waals surface area contributed by atoms with Gasteiger partial charge in [0, 0.05) is 32.7 Å². The first-order valence-corrected chi connectivity index (χ1v) is 10.5. The quantitative estimate of drug-likeness (QED) is 0.689. The van der Waals surface area contributed by atoms with Gasteiger partial charge in [0.15, 0.2) is 0 Å². The van der Waals surface area contributed by atoms with E-state index in [2.05, 4.69) is 32.6 Å². The molecule has 2 atom stereocenters. The van der Waals surface area contributed by atoms with Gasteiger partial charge in [-0.3, -0.25) is 9.69 Å². The van der Waals surface area contributed by atoms with E-state index in [1.807, 2.05) is 60.7 Å². The van der Waals surface area contributed by atoms with Crippen molar-refractivity contribution < 1.29 is 9.90 Å². The second kappa shape index (κ2) is 10.0. The molecular weight excluding hydrogens is 360 g/mol. The summed E-state index contributed by atoms with van der Waals surface area (Å²) in [6.07, 6.45) is -0.414. The van der Waals surface area contributed by atoms with Crippen LogP contribution in [-0.4, -0.2) is 53.5 Å². The first kappa shape index (κ1) is 23.1. The van der Waals surface area contributed by atoms with Gasteiger partial charge in [-0.25, -0.2) is 0 Å². The molecule has 0 aliphatic carbocycles. The molecule has 1 amide bonds. The smallest absolute Gasteiger partial charge is 0.235 e. The number of rotatable bonds is 9. The average molecular weight is 397 g/mol. The van der Waals surface area contributed by atoms with Crippen LogP contribution in [0, 0.1) is 0 Å². The summed E-state index contributed by atoms with van der Waals surface area (Å²) in [6.45, 7) is 9.40. The van der Waals surface area contributed by atoms with E-state index in [1.54, 1.807) is 19.0 Å². The summed E-state index contributed by atoms with van der Waals surface area (Å²) in [6, 6.07) is 20.0. The van der Waals surface area contributed by atoms with Crippen molar-refractivity contribution in [3.05, 3.63) is 71.8 Å². The minimum atomic E-state index is -1.06. The lowest BCUT2D eigenvalue weighted by Crippen LogP contribution is -2.51. The largest absolute Gasteiger partial charge is 0.387 e. The van der Waals surface area contributed by atoms with E-state index < -0.39 is 11.5 Å². The fraction of sp³-hybridized carbons (Fsp3) is 0.480. The molecule has 0 saturated carbocycles. The second-order valence-electron chi connectivity index (χ2n) is 8.53. The van der Waals surface area contributed by atoms with Crippen LogP contribution >= 0.6 is 0 Å². The highest BCUT2D eigenvalue weighted by Crippen LogP contribution is 2.42. The van der Waals surface area contributed by atoms with Crippen molar-refractivity contribution in [1.82, 2.24) is 9.80 Å². The van der Waals surface area contributed by atoms with Gasteiger partial charge in [0.1, 0.15) is 5.41 Å². The number of benzene rings is 2. The van der Waals surface area contributed by atoms with Crippen LogP contribution in [0.1, 0.15) is 51.3 Å². The van der Waals surface area contributed by atoms with Crippen LogP contribution in [-0.2, 0) is 10.2 Å². The van der Waals surface area contributed by atoms with Gasteiger partial charge in [-0.05, 0) is 45.2 Å². The van der Waals surface area contributed by atoms with Crippen LogP contribution in [0.15, 0.2) is 60.7 Å². The third kappa shape index (κ3) is 5.06. The Bertz CT molecular complexity index is 751. The highest BCUT2D eigenvalue weighted by Gasteiger charge is 2.48. The maximum absolute atomic E-state index is 13.7. The van der Waals surface area contributed by atoms with Crippen LogP contribution in [0.2, 0.25) is 0 Å². The number of carbonyl (C=O) groups excluding carboxylic acids is 1. The molecule has 0 aliphatic rings. The Morgan fingerprint density at radius 3 is 1.83 bits per heavy atom. The zero-order valence-corrected chi connectivity index (χ0v) is 18.7. The standard InChI is InChI=1S/C25H36N2O2/c1-19(2)27(20(3)4)18-17-25(24(29)26(5)6,22-15-11-8-12-16-22)23(28)21-13-9-7-10-14-21/h7-16,19-20,23,28H,17-18H2,1-6H3. The molecule has 2 unspecified atom stereocenters. The zero-order chi connectivity index (χ0) is 21.6. The van der Waals surface area contributed by atoms with Crippen molar-refractivity contribution in [3.63, 3.8) is 0 Å². The normalized spacial score (nSPS) is 14.8. The number of hydrogen-bond donors (Lipinski definition) is 1. The molecule has 0 radical (unpaired) electrons. The van der Waals surface area contributed by atoms with Crippen molar-refractivity contribution in [1.29, 1.82) is 0 Å². The zero-order valence-electron chi connectivity index (χ0n) is 18.7. The number of aliphatic hydroxyl groups excluding tert-OH is 1. The van der Waals surface area contributed by atoms with Crippen LogP contribution in [0.25, 0.3) is 0 Å². The average Bonchev–Trinajstić information content (AvgIpc) is 2.71. The number of aliphatic hydroxyl groups is 1. The number of carbonyl (C=O) groups is 1. The Balaban J connectivity index is 2.61. The van der Waals surface area contributed by atoms with Gasteiger partial charge in [-0.15, -0.1) is 0 Å². The molecule has 2 rings (SSSR count). The summed E-state index contributed by atoms with van der Waals surface area (Å²) in [5, 5.41) is 11.6. The van der Waals surface area contributed by atoms with E-state index in [4.69, 9.17) is 0 Å². The highest BCUT2D eigenvalue weighted by molar-refractivity contribution is 5.89. The predicted molar refractivity (Wildman–Crippen MR) is 120 cm³/mol. The van der Waals surface area contributed by atoms with Crippen LogP contribution in [0.4, 0.5) is 0 Å². The molecule has 29 heavy (non-hydrogen) atoms. The monoisotopic (exact) mass is 396 g/mol. The predicted octanol–water partition coefficient (Wildman–Crippen LogP) is 4.26. The van der Waals surface area contributed by atoms with E-state index >= 15 is 0 Å². The van der Waals surface area contributed by atoms with Gasteiger partial charge in [-0.2, -0.15) is 0 Å². The molecule has 2 aromatic rings. The summed E-state index contributed by atoms with van der Waals surface area (Å²) >= 11 is 0. The van der Waals surface area contributed by atoms with E-state index in [1.165, 1.54) is 0 Å². The molecule has 2 aromatic carbocycles. The van der Waals surface area contributed by atoms with Gasteiger partial charge in [-0.1, -0.05) is 60.7 Å². The minimum absolute atomic E-state index is 0.0764. The molecule has 0 aromatic heterocycles. The summed E-state index contributed by atoms with van der Waals surface area (Å²) in [5.74, 6) is -0.0764. The Morgan fingerprint density at radius 1 is 0.897 bits per heavy atom. The molecule has 0 aliphatic heterocycles. The van der Waals surface area contributed by atoms with E-state index in [0.717, 1.165) is 11.1 Å². The molecule has 0 saturated heterocycles. The van der Waals surface area contributed by atoms with Crippen molar-refractivity contribution in [2.24, 2.45) is 0 Å². The van der Waals surface area contributed by atoms with E-state index in [9.17, 15) is 9.90 Å². The number of hydrogen-bond acceptors (Lipinski definition) is 3. The number of likely N-dealkylation sites (N-methyl/N-ethyl adjacent to an activating group) is 1. The summed E-state index contributed by atoms with van der Waals surface area (Å²) in [5.41, 5.74) is 0.545. The van der Waals surface area contributed by atoms with E-state index in [-0.39, 0.29) is 5.91 Å². The SMILES string of the molecule is CC(C)N(CCC(C(=O)N(C)C)(c1ccccc1)C(O)c1ccccc1)C(C)C. The van der Waals surface area contributed by atoms with Gasteiger partial charge < -0.3 is 10.0 Å². The van der Waals surface area contributed by atoms with Crippen molar-refractivity contribution in [2.75, 3.05) is 20.6 Å². The van der Waals surface area contributed by atoms with Crippen LogP contribution in [0.3, 0.4) is 0 Å². The molecular formula is C25H36N2O2. The molecule has 0 heterocycles. The topological polar surface area (TPSA) is 43.8 Å². The summed E-state index contributed by atoms with van der Waals surface area (Å²) < 4.78 is 0. The molecule has 158 valence electrons. The highest BCUT2D eigenvalue weighted by atomic mass is 16.3. The molecule has 0 bridgehead atoms. The lowest BCUT2D eigenvalue weighted by atomic mass is 9.69. The summed E-state index contributed by atoms with van der Waals surface area (Å²) in [7, 11) is 3.53. The molecule has 4 heteroatoms. The fourth-order valence-corrected chi connectivity index (χ4v) is 4.26. The van der Waals surface area contributed by atoms with Crippen LogP contribution < -0.4 is 0 Å². The van der Waals surface area contributed by atoms with Gasteiger partial charge in [0.05, 0.1) is 6.10 Å². The van der Waals surface area contributed by atoms with Crippen LogP contribution in [0.5, 0.6) is 0 Å². The molecule has 0 fully saturated rings. The molecule has 1 N–H and O–H groups in total. The second-order valence-corrected chi connectivity index (χ2v) is 8.53. The first-order chi connectivity index (χ1) is 13.7. The van der Waals surface area contributed by atoms with Crippen molar-refractivity contribution in [3.8, 4) is 0 Å². The lowest BCUT2D eigenvalue weighted by molar-refractivity contribution is -0.141. The third-order valence-electron chi connectivity index (χ3n) is 5.75. The fourth-order valence-electron chi connectivity index (χ4n) is 4.26. The number of nitrogens with zero attached hydrogens (tertiary/aromatic N) is 2. The third-order valence-corrected chi connectivity index (χ3v) is 5.75. The van der Waals surface area contributed by atoms with Crippen molar-refractivity contribution in [2.45, 2.75) is 57.7 Å². The van der Waals surface area contributed by atoms with Gasteiger partial charge in [0.25, 0.3) is 0 Å². The van der Waals surface area contributed by atoms with E-state index in [0.29, 0.717) is 25.0 Å². The Morgan fingerprint density at radius 2 is 1.38 bits per heavy atom. The molecule has 0 spiro atoms. The Labute approximate surface area is 176 Å². The first-order valence-electron chi connectivity index (χ1n) is 10.5. The maximum Gasteiger partial charge on any atom is 0.235 e. The Hall–Kier alpha value is -2.17. The lowest BCUT2D eigenvalue weighted by Gasteiger charge is -2.42. The maximum atomic E-state index is 13.7. The minimum Gasteiger partial charge on any atom is -0.387 e. The van der Waals surface area contributed by atoms with Crippen molar-refractivity contribution >= 4 is 5.91 Å². The number of amides is 1. The summed E-state index contributed by atoms with van der Waals surface area (Å²) in [4.78, 5) is 17.7. The van der Waals surface area contributed by atoms with Gasteiger partial charge in [0.2, 0.25) is 5.91 Å². The Kier molecular flexibility index (Phi) is 8.00. The molecule has 4 nitrogen and oxygen atoms in total. The van der Waals surface area contributed by atoms with Gasteiger partial charge >= 0.3 is 0 Å².